The maximum atomic E-state index is 12.6. The molecule has 2 heterocycles. The van der Waals surface area contributed by atoms with Gasteiger partial charge in [-0.1, -0.05) is 11.6 Å². The summed E-state index contributed by atoms with van der Waals surface area (Å²) in [6, 6.07) is 6.69. The third-order valence-corrected chi connectivity index (χ3v) is 3.68. The Morgan fingerprint density at radius 2 is 2.00 bits per heavy atom. The summed E-state index contributed by atoms with van der Waals surface area (Å²) >= 11 is 6.07. The number of pyridine rings is 1. The fraction of sp³-hybridized carbons (Fsp3) is 0.125. The van der Waals surface area contributed by atoms with Crippen LogP contribution in [0.3, 0.4) is 0 Å². The summed E-state index contributed by atoms with van der Waals surface area (Å²) in [6.07, 6.45) is 5.24. The van der Waals surface area contributed by atoms with Gasteiger partial charge in [-0.2, -0.15) is 0 Å². The van der Waals surface area contributed by atoms with E-state index in [1.165, 1.54) is 14.2 Å². The number of carbonyl (C=O) groups excluding carboxylic acids is 1. The molecule has 6 nitrogen and oxygen atoms in total. The number of carbonyl (C=O) groups is 1. The molecule has 0 aliphatic rings. The van der Waals surface area contributed by atoms with E-state index in [9.17, 15) is 4.79 Å². The zero-order valence-electron chi connectivity index (χ0n) is 12.5. The lowest BCUT2D eigenvalue weighted by Crippen LogP contribution is -2.14. The molecule has 0 bridgehead atoms. The van der Waals surface area contributed by atoms with Crippen LogP contribution >= 0.6 is 11.6 Å². The minimum Gasteiger partial charge on any atom is -0.495 e. The first-order chi connectivity index (χ1) is 11.1. The number of anilines is 1. The molecule has 23 heavy (non-hydrogen) atoms. The Kier molecular flexibility index (Phi) is 4.08. The van der Waals surface area contributed by atoms with Crippen molar-refractivity contribution in [2.24, 2.45) is 0 Å². The van der Waals surface area contributed by atoms with Gasteiger partial charge in [0, 0.05) is 30.7 Å². The predicted octanol–water partition coefficient (Wildman–Crippen LogP) is 3.26. The molecule has 1 amide bonds. The number of halogens is 1. The molecule has 0 radical (unpaired) electrons. The van der Waals surface area contributed by atoms with Gasteiger partial charge in [0.2, 0.25) is 0 Å². The molecule has 0 aliphatic carbocycles. The van der Waals surface area contributed by atoms with E-state index in [0.29, 0.717) is 33.4 Å². The van der Waals surface area contributed by atoms with E-state index in [2.05, 4.69) is 10.3 Å². The number of aromatic nitrogens is 2. The van der Waals surface area contributed by atoms with Crippen LogP contribution in [0.25, 0.3) is 5.65 Å². The molecule has 0 aliphatic heterocycles. The number of ether oxygens (including phenoxy) is 2. The maximum absolute atomic E-state index is 12.6. The van der Waals surface area contributed by atoms with Gasteiger partial charge in [0.05, 0.1) is 30.5 Å². The molecule has 0 atom stereocenters. The van der Waals surface area contributed by atoms with Crippen LogP contribution in [0.2, 0.25) is 5.02 Å². The van der Waals surface area contributed by atoms with E-state index in [4.69, 9.17) is 21.1 Å². The Bertz CT molecular complexity index is 876. The monoisotopic (exact) mass is 331 g/mol. The van der Waals surface area contributed by atoms with E-state index >= 15 is 0 Å². The van der Waals surface area contributed by atoms with Crippen LogP contribution in [0.1, 0.15) is 10.4 Å². The highest BCUT2D eigenvalue weighted by Crippen LogP contribution is 2.36. The summed E-state index contributed by atoms with van der Waals surface area (Å²) in [5.74, 6) is 0.589. The predicted molar refractivity (Wildman–Crippen MR) is 87.7 cm³/mol. The fourth-order valence-corrected chi connectivity index (χ4v) is 2.50. The van der Waals surface area contributed by atoms with Crippen LogP contribution in [0.4, 0.5) is 5.69 Å². The van der Waals surface area contributed by atoms with Crippen molar-refractivity contribution in [2.45, 2.75) is 0 Å². The van der Waals surface area contributed by atoms with Gasteiger partial charge in [0.25, 0.3) is 5.91 Å². The SMILES string of the molecule is COc1cc(NC(=O)c2cccn3ccnc23)c(OC)cc1Cl. The molecule has 118 valence electrons. The highest BCUT2D eigenvalue weighted by Gasteiger charge is 2.16. The number of amides is 1. The minimum atomic E-state index is -0.301. The van der Waals surface area contributed by atoms with Crippen molar-refractivity contribution >= 4 is 28.8 Å². The maximum Gasteiger partial charge on any atom is 0.259 e. The second kappa shape index (κ2) is 6.18. The lowest BCUT2D eigenvalue weighted by atomic mass is 10.2. The van der Waals surface area contributed by atoms with Crippen molar-refractivity contribution < 1.29 is 14.3 Å². The molecule has 0 saturated heterocycles. The number of hydrogen-bond donors (Lipinski definition) is 1. The average molecular weight is 332 g/mol. The summed E-state index contributed by atoms with van der Waals surface area (Å²) < 4.78 is 12.2. The molecule has 3 aromatic rings. The van der Waals surface area contributed by atoms with Crippen molar-refractivity contribution in [3.63, 3.8) is 0 Å². The standard InChI is InChI=1S/C16H14ClN3O3/c1-22-13-9-12(14(23-2)8-11(13)17)19-16(21)10-4-3-6-20-7-5-18-15(10)20/h3-9H,1-2H3,(H,19,21). The topological polar surface area (TPSA) is 64.9 Å². The highest BCUT2D eigenvalue weighted by molar-refractivity contribution is 6.32. The summed E-state index contributed by atoms with van der Waals surface area (Å²) in [5.41, 5.74) is 1.49. The zero-order valence-corrected chi connectivity index (χ0v) is 13.3. The molecule has 0 fully saturated rings. The number of rotatable bonds is 4. The van der Waals surface area contributed by atoms with Crippen molar-refractivity contribution in [1.82, 2.24) is 9.38 Å². The third-order valence-electron chi connectivity index (χ3n) is 3.39. The molecule has 2 aromatic heterocycles. The van der Waals surface area contributed by atoms with E-state index in [1.54, 1.807) is 41.1 Å². The second-order valence-corrected chi connectivity index (χ2v) is 5.13. The summed E-state index contributed by atoms with van der Waals surface area (Å²) in [4.78, 5) is 16.8. The Morgan fingerprint density at radius 3 is 2.74 bits per heavy atom. The third kappa shape index (κ3) is 2.80. The normalized spacial score (nSPS) is 10.6. The Morgan fingerprint density at radius 1 is 1.22 bits per heavy atom. The second-order valence-electron chi connectivity index (χ2n) is 4.72. The van der Waals surface area contributed by atoms with Crippen LogP contribution in [0, 0.1) is 0 Å². The van der Waals surface area contributed by atoms with Gasteiger partial charge in [-0.3, -0.25) is 4.79 Å². The number of nitrogens with zero attached hydrogens (tertiary/aromatic N) is 2. The fourth-order valence-electron chi connectivity index (χ4n) is 2.27. The summed E-state index contributed by atoms with van der Waals surface area (Å²) in [6.45, 7) is 0. The average Bonchev–Trinajstić information content (AvgIpc) is 3.04. The first kappa shape index (κ1) is 15.2. The quantitative estimate of drug-likeness (QED) is 0.797. The lowest BCUT2D eigenvalue weighted by molar-refractivity contribution is 0.102. The van der Waals surface area contributed by atoms with Crippen molar-refractivity contribution in [3.8, 4) is 11.5 Å². The Balaban J connectivity index is 1.98. The molecular formula is C16H14ClN3O3. The smallest absolute Gasteiger partial charge is 0.259 e. The number of hydrogen-bond acceptors (Lipinski definition) is 4. The van der Waals surface area contributed by atoms with Crippen molar-refractivity contribution in [1.29, 1.82) is 0 Å². The Labute approximate surface area is 137 Å². The van der Waals surface area contributed by atoms with Crippen molar-refractivity contribution in [2.75, 3.05) is 19.5 Å². The molecule has 0 unspecified atom stereocenters. The van der Waals surface area contributed by atoms with Gasteiger partial charge in [-0.25, -0.2) is 4.98 Å². The largest absolute Gasteiger partial charge is 0.495 e. The van der Waals surface area contributed by atoms with Crippen LogP contribution in [-0.2, 0) is 0 Å². The molecule has 7 heteroatoms. The van der Waals surface area contributed by atoms with Gasteiger partial charge >= 0.3 is 0 Å². The molecule has 1 aromatic carbocycles. The first-order valence-corrected chi connectivity index (χ1v) is 7.16. The molecule has 0 saturated carbocycles. The zero-order chi connectivity index (χ0) is 16.4. The molecule has 1 N–H and O–H groups in total. The minimum absolute atomic E-state index is 0.301. The first-order valence-electron chi connectivity index (χ1n) is 6.78. The van der Waals surface area contributed by atoms with Gasteiger partial charge in [0.15, 0.2) is 0 Å². The number of benzene rings is 1. The van der Waals surface area contributed by atoms with Gasteiger partial charge in [-0.15, -0.1) is 0 Å². The van der Waals surface area contributed by atoms with Gasteiger partial charge in [-0.05, 0) is 12.1 Å². The van der Waals surface area contributed by atoms with Crippen molar-refractivity contribution in [3.05, 3.63) is 53.4 Å². The molecule has 0 spiro atoms. The van der Waals surface area contributed by atoms with Crippen LogP contribution < -0.4 is 14.8 Å². The van der Waals surface area contributed by atoms with Crippen LogP contribution in [0.5, 0.6) is 11.5 Å². The Hall–Kier alpha value is -2.73. The lowest BCUT2D eigenvalue weighted by Gasteiger charge is -2.13. The number of imidazole rings is 1. The number of fused-ring (bicyclic) bond motifs is 1. The highest BCUT2D eigenvalue weighted by atomic mass is 35.5. The van der Waals surface area contributed by atoms with Gasteiger partial charge < -0.3 is 19.2 Å². The molecular weight excluding hydrogens is 318 g/mol. The van der Waals surface area contributed by atoms with E-state index in [-0.39, 0.29) is 5.91 Å². The summed E-state index contributed by atoms with van der Waals surface area (Å²) in [5, 5.41) is 3.21. The van der Waals surface area contributed by atoms with E-state index < -0.39 is 0 Å². The molecule has 3 rings (SSSR count). The van der Waals surface area contributed by atoms with Crippen LogP contribution in [0.15, 0.2) is 42.9 Å². The number of methoxy groups -OCH3 is 2. The van der Waals surface area contributed by atoms with Crippen LogP contribution in [-0.4, -0.2) is 29.5 Å². The van der Waals surface area contributed by atoms with E-state index in [1.807, 2.05) is 6.20 Å². The van der Waals surface area contributed by atoms with Gasteiger partial charge in [0.1, 0.15) is 17.1 Å². The van der Waals surface area contributed by atoms with E-state index in [0.717, 1.165) is 0 Å². The number of nitrogens with one attached hydrogen (secondary N) is 1. The summed E-state index contributed by atoms with van der Waals surface area (Å²) in [7, 11) is 3.01.